The summed E-state index contributed by atoms with van der Waals surface area (Å²) in [4.78, 5) is 24.9. The number of carbonyl (C=O) groups excluding carboxylic acids is 2. The molecule has 6 nitrogen and oxygen atoms in total. The molecule has 174 valence electrons. The second-order valence-electron chi connectivity index (χ2n) is 8.89. The van der Waals surface area contributed by atoms with Crippen molar-refractivity contribution in [1.82, 2.24) is 4.57 Å². The Kier molecular flexibility index (Phi) is 6.41. The predicted octanol–water partition coefficient (Wildman–Crippen LogP) is 6.46. The van der Waals surface area contributed by atoms with Gasteiger partial charge in [-0.25, -0.2) is 9.59 Å². The van der Waals surface area contributed by atoms with Gasteiger partial charge in [0, 0.05) is 11.8 Å². The summed E-state index contributed by atoms with van der Waals surface area (Å²) in [6, 6.07) is 22.5. The van der Waals surface area contributed by atoms with Crippen LogP contribution < -0.4 is 4.74 Å². The Morgan fingerprint density at radius 3 is 2.24 bits per heavy atom. The van der Waals surface area contributed by atoms with Gasteiger partial charge in [0.25, 0.3) is 0 Å². The van der Waals surface area contributed by atoms with Gasteiger partial charge in [-0.2, -0.15) is 0 Å². The molecular weight excluding hydrogens is 430 g/mol. The van der Waals surface area contributed by atoms with Crippen molar-refractivity contribution in [2.75, 3.05) is 7.11 Å². The lowest BCUT2D eigenvalue weighted by Crippen LogP contribution is -2.26. The minimum absolute atomic E-state index is 0.387. The number of hydrogen-bond donors (Lipinski definition) is 0. The van der Waals surface area contributed by atoms with Gasteiger partial charge in [0.1, 0.15) is 18.0 Å². The fourth-order valence-electron chi connectivity index (χ4n) is 3.69. The van der Waals surface area contributed by atoms with Crippen LogP contribution in [0.4, 0.5) is 4.79 Å². The van der Waals surface area contributed by atoms with Crippen LogP contribution in [-0.2, 0) is 16.1 Å². The van der Waals surface area contributed by atoms with E-state index in [1.54, 1.807) is 18.3 Å². The lowest BCUT2D eigenvalue weighted by molar-refractivity contribution is 0.0543. The van der Waals surface area contributed by atoms with Crippen molar-refractivity contribution in [3.63, 3.8) is 0 Å². The van der Waals surface area contributed by atoms with Crippen molar-refractivity contribution < 1.29 is 23.8 Å². The Morgan fingerprint density at radius 1 is 0.882 bits per heavy atom. The van der Waals surface area contributed by atoms with Crippen LogP contribution in [0.15, 0.2) is 79.0 Å². The normalized spacial score (nSPS) is 11.3. The quantitative estimate of drug-likeness (QED) is 0.322. The third-order valence-corrected chi connectivity index (χ3v) is 5.24. The van der Waals surface area contributed by atoms with Gasteiger partial charge in [-0.3, -0.25) is 4.57 Å². The Labute approximate surface area is 198 Å². The monoisotopic (exact) mass is 457 g/mol. The first-order chi connectivity index (χ1) is 16.3. The number of benzene rings is 3. The third kappa shape index (κ3) is 4.96. The zero-order valence-corrected chi connectivity index (χ0v) is 19.7. The van der Waals surface area contributed by atoms with Crippen LogP contribution in [0.3, 0.4) is 0 Å². The minimum atomic E-state index is -0.641. The molecule has 0 saturated carbocycles. The van der Waals surface area contributed by atoms with Crippen LogP contribution in [0.1, 0.15) is 36.7 Å². The summed E-state index contributed by atoms with van der Waals surface area (Å²) in [7, 11) is 1.35. The van der Waals surface area contributed by atoms with E-state index in [4.69, 9.17) is 14.2 Å². The lowest BCUT2D eigenvalue weighted by Gasteiger charge is -2.19. The molecule has 0 aliphatic rings. The van der Waals surface area contributed by atoms with Crippen molar-refractivity contribution in [3.8, 4) is 16.9 Å². The number of nitrogens with zero attached hydrogens (tertiary/aromatic N) is 1. The van der Waals surface area contributed by atoms with Crippen LogP contribution in [0, 0.1) is 0 Å². The number of ether oxygens (including phenoxy) is 3. The van der Waals surface area contributed by atoms with Crippen LogP contribution >= 0.6 is 0 Å². The second-order valence-corrected chi connectivity index (χ2v) is 8.89. The molecule has 0 bridgehead atoms. The fourth-order valence-corrected chi connectivity index (χ4v) is 3.69. The zero-order chi connectivity index (χ0) is 24.3. The fraction of sp³-hybridized carbons (Fsp3) is 0.214. The summed E-state index contributed by atoms with van der Waals surface area (Å²) in [5.41, 5.74) is 3.14. The van der Waals surface area contributed by atoms with E-state index in [9.17, 15) is 9.59 Å². The Hall–Kier alpha value is -4.06. The Morgan fingerprint density at radius 2 is 1.59 bits per heavy atom. The topological polar surface area (TPSA) is 66.8 Å². The van der Waals surface area contributed by atoms with Crippen molar-refractivity contribution in [1.29, 1.82) is 0 Å². The van der Waals surface area contributed by atoms with Crippen LogP contribution in [-0.4, -0.2) is 29.3 Å². The maximum Gasteiger partial charge on any atom is 0.419 e. The molecule has 0 amide bonds. The van der Waals surface area contributed by atoms with Crippen molar-refractivity contribution in [2.45, 2.75) is 33.0 Å². The highest BCUT2D eigenvalue weighted by Gasteiger charge is 2.23. The van der Waals surface area contributed by atoms with E-state index in [0.29, 0.717) is 23.4 Å². The molecule has 0 spiro atoms. The molecule has 0 radical (unpaired) electrons. The number of esters is 1. The number of fused-ring (bicyclic) bond motifs is 1. The van der Waals surface area contributed by atoms with E-state index < -0.39 is 17.7 Å². The highest BCUT2D eigenvalue weighted by Crippen LogP contribution is 2.38. The maximum atomic E-state index is 13.0. The van der Waals surface area contributed by atoms with Crippen molar-refractivity contribution >= 4 is 23.0 Å². The van der Waals surface area contributed by atoms with Crippen LogP contribution in [0.25, 0.3) is 22.0 Å². The van der Waals surface area contributed by atoms with Crippen molar-refractivity contribution in [3.05, 3.63) is 90.1 Å². The summed E-state index contributed by atoms with van der Waals surface area (Å²) in [5, 5.41) is 0.787. The second kappa shape index (κ2) is 9.43. The first kappa shape index (κ1) is 23.1. The molecule has 0 aliphatic carbocycles. The van der Waals surface area contributed by atoms with Crippen LogP contribution in [0.2, 0.25) is 0 Å². The van der Waals surface area contributed by atoms with Gasteiger partial charge < -0.3 is 14.2 Å². The summed E-state index contributed by atoms with van der Waals surface area (Å²) < 4.78 is 18.1. The molecule has 4 rings (SSSR count). The molecule has 4 aromatic rings. The number of carbonyl (C=O) groups is 2. The van der Waals surface area contributed by atoms with Gasteiger partial charge in [0.05, 0.1) is 23.6 Å². The molecule has 1 aromatic heterocycles. The molecule has 0 fully saturated rings. The largest absolute Gasteiger partial charge is 0.488 e. The first-order valence-corrected chi connectivity index (χ1v) is 11.0. The smallest absolute Gasteiger partial charge is 0.419 e. The molecule has 1 heterocycles. The average molecular weight is 458 g/mol. The summed E-state index contributed by atoms with van der Waals surface area (Å²) in [6.07, 6.45) is 1.27. The van der Waals surface area contributed by atoms with Gasteiger partial charge in [0.15, 0.2) is 0 Å². The van der Waals surface area contributed by atoms with Crippen molar-refractivity contribution in [2.24, 2.45) is 0 Å². The number of hydrogen-bond acceptors (Lipinski definition) is 5. The van der Waals surface area contributed by atoms with Crippen LogP contribution in [0.5, 0.6) is 5.75 Å². The van der Waals surface area contributed by atoms with Gasteiger partial charge >= 0.3 is 12.1 Å². The molecular formula is C28H27NO5. The molecule has 6 heteroatoms. The number of methoxy groups -OCH3 is 1. The third-order valence-electron chi connectivity index (χ3n) is 5.24. The summed E-state index contributed by atoms with van der Waals surface area (Å²) >= 11 is 0. The maximum absolute atomic E-state index is 13.0. The minimum Gasteiger partial charge on any atom is -0.488 e. The Balaban J connectivity index is 1.82. The Bertz CT molecular complexity index is 1310. The predicted molar refractivity (Wildman–Crippen MR) is 131 cm³/mol. The summed E-state index contributed by atoms with van der Waals surface area (Å²) in [6.45, 7) is 5.88. The molecule has 0 saturated heterocycles. The molecule has 3 aromatic carbocycles. The highest BCUT2D eigenvalue weighted by atomic mass is 16.6. The van der Waals surface area contributed by atoms with E-state index in [-0.39, 0.29) is 0 Å². The highest BCUT2D eigenvalue weighted by molar-refractivity contribution is 6.04. The number of aromatic nitrogens is 1. The van der Waals surface area contributed by atoms with E-state index in [2.05, 4.69) is 0 Å². The number of rotatable bonds is 5. The molecule has 34 heavy (non-hydrogen) atoms. The standard InChI is InChI=1S/C28H27NO5/c1-28(2,3)34-27(31)29-17-22(20-13-15-21(16-14-20)26(30)32-4)25-23(29)11-8-12-24(25)33-18-19-9-6-5-7-10-19/h5-17H,18H2,1-4H3. The summed E-state index contributed by atoms with van der Waals surface area (Å²) in [5.74, 6) is 0.241. The molecule has 0 aliphatic heterocycles. The van der Waals surface area contributed by atoms with Gasteiger partial charge in [0.2, 0.25) is 0 Å². The van der Waals surface area contributed by atoms with Gasteiger partial charge in [-0.05, 0) is 56.2 Å². The lowest BCUT2D eigenvalue weighted by atomic mass is 10.0. The molecule has 0 N–H and O–H groups in total. The molecule has 0 unspecified atom stereocenters. The zero-order valence-electron chi connectivity index (χ0n) is 19.7. The van der Waals surface area contributed by atoms with E-state index in [0.717, 1.165) is 22.1 Å². The van der Waals surface area contributed by atoms with E-state index >= 15 is 0 Å². The SMILES string of the molecule is COC(=O)c1ccc(-c2cn(C(=O)OC(C)(C)C)c3cccc(OCc4ccccc4)c23)cc1. The first-order valence-electron chi connectivity index (χ1n) is 11.0. The molecule has 0 atom stereocenters. The average Bonchev–Trinajstić information content (AvgIpc) is 3.22. The van der Waals surface area contributed by atoms with E-state index in [1.807, 2.05) is 81.4 Å². The van der Waals surface area contributed by atoms with Gasteiger partial charge in [-0.1, -0.05) is 48.5 Å². The van der Waals surface area contributed by atoms with Gasteiger partial charge in [-0.15, -0.1) is 0 Å². The van der Waals surface area contributed by atoms with E-state index in [1.165, 1.54) is 11.7 Å².